The van der Waals surface area contributed by atoms with Gasteiger partial charge in [-0.1, -0.05) is 11.6 Å². The van der Waals surface area contributed by atoms with Crippen LogP contribution in [-0.2, 0) is 7.05 Å². The van der Waals surface area contributed by atoms with E-state index in [9.17, 15) is 0 Å². The van der Waals surface area contributed by atoms with E-state index in [-0.39, 0.29) is 0 Å². The van der Waals surface area contributed by atoms with E-state index in [4.69, 9.17) is 17.3 Å². The molecule has 5 nitrogen and oxygen atoms in total. The lowest BCUT2D eigenvalue weighted by molar-refractivity contribution is 0.483. The number of nitrogen functional groups attached to an aromatic ring is 1. The summed E-state index contributed by atoms with van der Waals surface area (Å²) in [5.41, 5.74) is 8.03. The molecule has 2 aromatic heterocycles. The fourth-order valence-electron chi connectivity index (χ4n) is 2.91. The first kappa shape index (κ1) is 13.2. The van der Waals surface area contributed by atoms with E-state index in [2.05, 4.69) is 21.0 Å². The maximum absolute atomic E-state index is 6.26. The lowest BCUT2D eigenvalue weighted by Crippen LogP contribution is -2.35. The topological polar surface area (TPSA) is 60.0 Å². The number of anilines is 2. The molecule has 0 bridgehead atoms. The van der Waals surface area contributed by atoms with Gasteiger partial charge in [0.1, 0.15) is 5.82 Å². The number of nitrogens with two attached hydrogens (primary N) is 1. The number of aryl methyl sites for hydroxylation is 1. The molecule has 0 aromatic carbocycles. The summed E-state index contributed by atoms with van der Waals surface area (Å²) in [6.07, 6.45) is 5.79. The van der Waals surface area contributed by atoms with Gasteiger partial charge < -0.3 is 10.6 Å². The SMILES string of the molecule is Cn1nccc1C1CCCN(c2cc(N)ncc2Cl)C1. The van der Waals surface area contributed by atoms with Crippen molar-refractivity contribution in [3.63, 3.8) is 0 Å². The maximum atomic E-state index is 6.26. The zero-order valence-corrected chi connectivity index (χ0v) is 12.2. The van der Waals surface area contributed by atoms with Crippen molar-refractivity contribution < 1.29 is 0 Å². The van der Waals surface area contributed by atoms with E-state index < -0.39 is 0 Å². The molecule has 1 saturated heterocycles. The molecule has 3 rings (SSSR count). The van der Waals surface area contributed by atoms with Gasteiger partial charge in [-0.3, -0.25) is 4.68 Å². The van der Waals surface area contributed by atoms with Crippen molar-refractivity contribution in [1.82, 2.24) is 14.8 Å². The molecular formula is C14H18ClN5. The van der Waals surface area contributed by atoms with Crippen LogP contribution in [0.3, 0.4) is 0 Å². The highest BCUT2D eigenvalue weighted by Gasteiger charge is 2.24. The smallest absolute Gasteiger partial charge is 0.125 e. The Bertz CT molecular complexity index is 609. The first-order valence-electron chi connectivity index (χ1n) is 6.79. The average Bonchev–Trinajstić information content (AvgIpc) is 2.88. The number of rotatable bonds is 2. The summed E-state index contributed by atoms with van der Waals surface area (Å²) in [6, 6.07) is 3.95. The van der Waals surface area contributed by atoms with E-state index in [1.807, 2.05) is 24.0 Å². The van der Waals surface area contributed by atoms with E-state index in [1.165, 1.54) is 12.1 Å². The standard InChI is InChI=1S/C14H18ClN5/c1-19-12(4-5-18-19)10-3-2-6-20(9-10)13-7-14(16)17-8-11(13)15/h4-5,7-8,10H,2-3,6,9H2,1H3,(H2,16,17). The largest absolute Gasteiger partial charge is 0.384 e. The number of piperidine rings is 1. The van der Waals surface area contributed by atoms with Crippen LogP contribution in [0.1, 0.15) is 24.5 Å². The molecule has 0 aliphatic carbocycles. The van der Waals surface area contributed by atoms with Crippen molar-refractivity contribution in [2.45, 2.75) is 18.8 Å². The molecule has 3 heterocycles. The summed E-state index contributed by atoms with van der Waals surface area (Å²) in [4.78, 5) is 6.32. The zero-order chi connectivity index (χ0) is 14.1. The molecule has 6 heteroatoms. The quantitative estimate of drug-likeness (QED) is 0.923. The van der Waals surface area contributed by atoms with Crippen LogP contribution < -0.4 is 10.6 Å². The Morgan fingerprint density at radius 2 is 2.30 bits per heavy atom. The minimum Gasteiger partial charge on any atom is -0.384 e. The highest BCUT2D eigenvalue weighted by Crippen LogP contribution is 2.33. The summed E-state index contributed by atoms with van der Waals surface area (Å²) in [6.45, 7) is 1.93. The predicted octanol–water partition coefficient (Wildman–Crippen LogP) is 2.43. The van der Waals surface area contributed by atoms with Crippen LogP contribution in [0, 0.1) is 0 Å². The van der Waals surface area contributed by atoms with Gasteiger partial charge in [0.05, 0.1) is 10.7 Å². The number of hydrogen-bond donors (Lipinski definition) is 1. The Morgan fingerprint density at radius 3 is 3.05 bits per heavy atom. The molecular weight excluding hydrogens is 274 g/mol. The minimum absolute atomic E-state index is 0.474. The van der Waals surface area contributed by atoms with Gasteiger partial charge in [0, 0.05) is 50.2 Å². The molecule has 1 fully saturated rings. The van der Waals surface area contributed by atoms with E-state index >= 15 is 0 Å². The Labute approximate surface area is 123 Å². The fourth-order valence-corrected chi connectivity index (χ4v) is 3.13. The third-order valence-corrected chi connectivity index (χ3v) is 4.19. The van der Waals surface area contributed by atoms with Crippen molar-refractivity contribution >= 4 is 23.1 Å². The number of halogens is 1. The van der Waals surface area contributed by atoms with E-state index in [0.717, 1.165) is 25.2 Å². The first-order chi connectivity index (χ1) is 9.65. The second kappa shape index (κ2) is 5.32. The van der Waals surface area contributed by atoms with Gasteiger partial charge in [-0.25, -0.2) is 4.98 Å². The first-order valence-corrected chi connectivity index (χ1v) is 7.17. The summed E-state index contributed by atoms with van der Waals surface area (Å²) in [5.74, 6) is 0.980. The van der Waals surface area contributed by atoms with Crippen LogP contribution in [0.5, 0.6) is 0 Å². The molecule has 2 N–H and O–H groups in total. The van der Waals surface area contributed by atoms with Crippen molar-refractivity contribution in [3.8, 4) is 0 Å². The summed E-state index contributed by atoms with van der Waals surface area (Å²) >= 11 is 6.26. The van der Waals surface area contributed by atoms with Crippen molar-refractivity contribution in [2.24, 2.45) is 7.05 Å². The number of nitrogens with zero attached hydrogens (tertiary/aromatic N) is 4. The van der Waals surface area contributed by atoms with Crippen molar-refractivity contribution in [2.75, 3.05) is 23.7 Å². The number of aromatic nitrogens is 3. The molecule has 106 valence electrons. The van der Waals surface area contributed by atoms with Crippen molar-refractivity contribution in [1.29, 1.82) is 0 Å². The lowest BCUT2D eigenvalue weighted by atomic mass is 9.94. The highest BCUT2D eigenvalue weighted by molar-refractivity contribution is 6.33. The number of pyridine rings is 1. The van der Waals surface area contributed by atoms with Crippen LogP contribution >= 0.6 is 11.6 Å². The third-order valence-electron chi connectivity index (χ3n) is 3.90. The van der Waals surface area contributed by atoms with Crippen LogP contribution in [0.2, 0.25) is 5.02 Å². The lowest BCUT2D eigenvalue weighted by Gasteiger charge is -2.35. The molecule has 1 aliphatic heterocycles. The molecule has 2 aromatic rings. The average molecular weight is 292 g/mol. The van der Waals surface area contributed by atoms with Gasteiger partial charge >= 0.3 is 0 Å². The second-order valence-electron chi connectivity index (χ2n) is 5.23. The molecule has 0 saturated carbocycles. The highest BCUT2D eigenvalue weighted by atomic mass is 35.5. The van der Waals surface area contributed by atoms with Gasteiger partial charge in [0.25, 0.3) is 0 Å². The summed E-state index contributed by atoms with van der Waals surface area (Å²) in [5, 5.41) is 4.92. The molecule has 1 atom stereocenters. The maximum Gasteiger partial charge on any atom is 0.125 e. The Hall–Kier alpha value is -1.75. The number of hydrogen-bond acceptors (Lipinski definition) is 4. The predicted molar refractivity (Wildman–Crippen MR) is 81.1 cm³/mol. The van der Waals surface area contributed by atoms with Gasteiger partial charge in [0.2, 0.25) is 0 Å². The Balaban J connectivity index is 1.85. The van der Waals surface area contributed by atoms with Gasteiger partial charge in [-0.2, -0.15) is 5.10 Å². The van der Waals surface area contributed by atoms with Gasteiger partial charge in [-0.05, 0) is 18.9 Å². The second-order valence-corrected chi connectivity index (χ2v) is 5.63. The summed E-state index contributed by atoms with van der Waals surface area (Å²) < 4.78 is 1.96. The molecule has 0 radical (unpaired) electrons. The molecule has 20 heavy (non-hydrogen) atoms. The summed E-state index contributed by atoms with van der Waals surface area (Å²) in [7, 11) is 1.99. The monoisotopic (exact) mass is 291 g/mol. The Morgan fingerprint density at radius 1 is 1.45 bits per heavy atom. The molecule has 0 amide bonds. The zero-order valence-electron chi connectivity index (χ0n) is 11.5. The fraction of sp³-hybridized carbons (Fsp3) is 0.429. The Kier molecular flexibility index (Phi) is 3.53. The van der Waals surface area contributed by atoms with E-state index in [0.29, 0.717) is 16.8 Å². The van der Waals surface area contributed by atoms with Gasteiger partial charge in [0.15, 0.2) is 0 Å². The minimum atomic E-state index is 0.474. The van der Waals surface area contributed by atoms with Crippen LogP contribution in [0.15, 0.2) is 24.5 Å². The third kappa shape index (κ3) is 2.45. The van der Waals surface area contributed by atoms with Crippen molar-refractivity contribution in [3.05, 3.63) is 35.2 Å². The normalized spacial score (nSPS) is 19.3. The molecule has 0 spiro atoms. The van der Waals surface area contributed by atoms with Gasteiger partial charge in [-0.15, -0.1) is 0 Å². The van der Waals surface area contributed by atoms with E-state index in [1.54, 1.807) is 6.20 Å². The molecule has 1 aliphatic rings. The van der Waals surface area contributed by atoms with Crippen LogP contribution in [0.4, 0.5) is 11.5 Å². The molecule has 1 unspecified atom stereocenters. The van der Waals surface area contributed by atoms with Crippen LogP contribution in [0.25, 0.3) is 0 Å². The van der Waals surface area contributed by atoms with Crippen LogP contribution in [-0.4, -0.2) is 27.9 Å².